The predicted molar refractivity (Wildman–Crippen MR) is 112 cm³/mol. The Labute approximate surface area is 171 Å². The van der Waals surface area contributed by atoms with Gasteiger partial charge in [0, 0.05) is 13.0 Å². The van der Waals surface area contributed by atoms with Crippen LogP contribution in [0.4, 0.5) is 10.1 Å². The summed E-state index contributed by atoms with van der Waals surface area (Å²) in [5.41, 5.74) is 1.32. The molecular formula is C21H27FN2O4S. The first-order chi connectivity index (χ1) is 13.7. The number of nitrogens with zero attached hydrogens (tertiary/aromatic N) is 1. The van der Waals surface area contributed by atoms with Crippen LogP contribution in [0.2, 0.25) is 0 Å². The zero-order chi connectivity index (χ0) is 21.4. The quantitative estimate of drug-likeness (QED) is 0.634. The van der Waals surface area contributed by atoms with E-state index >= 15 is 0 Å². The Bertz CT molecular complexity index is 899. The molecule has 0 heterocycles. The smallest absolute Gasteiger partial charge is 0.232 e. The second-order valence-corrected chi connectivity index (χ2v) is 8.61. The molecule has 0 aromatic heterocycles. The normalized spacial score (nSPS) is 12.3. The molecule has 2 aromatic rings. The van der Waals surface area contributed by atoms with Crippen LogP contribution in [0.1, 0.15) is 38.3 Å². The van der Waals surface area contributed by atoms with Gasteiger partial charge in [0.15, 0.2) is 0 Å². The van der Waals surface area contributed by atoms with Gasteiger partial charge in [-0.25, -0.2) is 12.8 Å². The van der Waals surface area contributed by atoms with Crippen LogP contribution in [0, 0.1) is 5.82 Å². The number of halogens is 1. The summed E-state index contributed by atoms with van der Waals surface area (Å²) < 4.78 is 43.8. The highest BCUT2D eigenvalue weighted by Crippen LogP contribution is 2.20. The van der Waals surface area contributed by atoms with Crippen LogP contribution in [0.15, 0.2) is 48.5 Å². The van der Waals surface area contributed by atoms with Gasteiger partial charge < -0.3 is 10.1 Å². The molecule has 0 fully saturated rings. The average Bonchev–Trinajstić information content (AvgIpc) is 2.66. The van der Waals surface area contributed by atoms with E-state index in [9.17, 15) is 17.6 Å². The number of sulfonamides is 1. The number of rotatable bonds is 10. The second kappa shape index (κ2) is 10.2. The van der Waals surface area contributed by atoms with Crippen molar-refractivity contribution in [1.29, 1.82) is 0 Å². The Morgan fingerprint density at radius 2 is 1.76 bits per heavy atom. The fourth-order valence-corrected chi connectivity index (χ4v) is 3.86. The number of hydrogen-bond donors (Lipinski definition) is 1. The molecule has 6 nitrogen and oxygen atoms in total. The van der Waals surface area contributed by atoms with Gasteiger partial charge >= 0.3 is 0 Å². The molecule has 158 valence electrons. The van der Waals surface area contributed by atoms with Gasteiger partial charge in [-0.15, -0.1) is 0 Å². The van der Waals surface area contributed by atoms with Crippen molar-refractivity contribution in [2.24, 2.45) is 0 Å². The summed E-state index contributed by atoms with van der Waals surface area (Å²) in [6.45, 7) is 4.52. The molecule has 0 aliphatic rings. The Balaban J connectivity index is 1.89. The molecule has 0 saturated carbocycles. The van der Waals surface area contributed by atoms with E-state index < -0.39 is 15.8 Å². The van der Waals surface area contributed by atoms with Crippen LogP contribution in [0.5, 0.6) is 5.75 Å². The Kier molecular flexibility index (Phi) is 8.01. The Morgan fingerprint density at radius 3 is 2.31 bits per heavy atom. The van der Waals surface area contributed by atoms with Gasteiger partial charge in [-0.05, 0) is 62.2 Å². The molecule has 1 amide bonds. The highest BCUT2D eigenvalue weighted by atomic mass is 32.2. The number of nitrogens with one attached hydrogen (secondary N) is 1. The molecule has 8 heteroatoms. The van der Waals surface area contributed by atoms with E-state index in [0.717, 1.165) is 17.6 Å². The second-order valence-electron chi connectivity index (χ2n) is 6.71. The SMILES string of the molecule is CCOc1ccc([C@@H](C)NC(=O)CCCN(c2ccc(F)cc2)S(C)(=O)=O)cc1. The average molecular weight is 423 g/mol. The van der Waals surface area contributed by atoms with E-state index in [1.54, 1.807) is 0 Å². The summed E-state index contributed by atoms with van der Waals surface area (Å²) in [5.74, 6) is 0.167. The number of amides is 1. The third-order valence-electron chi connectivity index (χ3n) is 4.35. The third-order valence-corrected chi connectivity index (χ3v) is 5.54. The minimum Gasteiger partial charge on any atom is -0.494 e. The van der Waals surface area contributed by atoms with Crippen molar-refractivity contribution in [2.75, 3.05) is 23.7 Å². The molecule has 29 heavy (non-hydrogen) atoms. The van der Waals surface area contributed by atoms with Crippen LogP contribution < -0.4 is 14.4 Å². The standard InChI is InChI=1S/C21H27FN2O4S/c1-4-28-20-13-7-17(8-14-20)16(2)23-21(25)6-5-15-24(29(3,26)27)19-11-9-18(22)10-12-19/h7-14,16H,4-6,15H2,1-3H3,(H,23,25)/t16-/m1/s1. The molecule has 0 spiro atoms. The number of carbonyl (C=O) groups is 1. The van der Waals surface area contributed by atoms with E-state index in [-0.39, 0.29) is 24.9 Å². The maximum atomic E-state index is 13.1. The molecule has 1 atom stereocenters. The molecule has 0 aliphatic heterocycles. The van der Waals surface area contributed by atoms with Crippen molar-refractivity contribution < 1.29 is 22.3 Å². The molecular weight excluding hydrogens is 395 g/mol. The predicted octanol–water partition coefficient (Wildman–Crippen LogP) is 3.65. The van der Waals surface area contributed by atoms with Crippen LogP contribution >= 0.6 is 0 Å². The minimum absolute atomic E-state index is 0.134. The first kappa shape index (κ1) is 22.7. The van der Waals surface area contributed by atoms with Crippen LogP contribution in [0.3, 0.4) is 0 Å². The number of anilines is 1. The number of carbonyl (C=O) groups excluding carboxylic acids is 1. The first-order valence-electron chi connectivity index (χ1n) is 9.46. The van der Waals surface area contributed by atoms with Gasteiger partial charge in [0.05, 0.1) is 24.6 Å². The fourth-order valence-electron chi connectivity index (χ4n) is 2.89. The lowest BCUT2D eigenvalue weighted by molar-refractivity contribution is -0.121. The summed E-state index contributed by atoms with van der Waals surface area (Å²) in [4.78, 5) is 12.3. The van der Waals surface area contributed by atoms with Crippen molar-refractivity contribution in [2.45, 2.75) is 32.7 Å². The van der Waals surface area contributed by atoms with Gasteiger partial charge in [0.1, 0.15) is 11.6 Å². The van der Waals surface area contributed by atoms with Gasteiger partial charge in [0.2, 0.25) is 15.9 Å². The minimum atomic E-state index is -3.54. The fraction of sp³-hybridized carbons (Fsp3) is 0.381. The van der Waals surface area contributed by atoms with Crippen LogP contribution in [-0.2, 0) is 14.8 Å². The molecule has 1 N–H and O–H groups in total. The molecule has 0 unspecified atom stereocenters. The zero-order valence-electron chi connectivity index (χ0n) is 16.9. The van der Waals surface area contributed by atoms with E-state index in [4.69, 9.17) is 4.74 Å². The van der Waals surface area contributed by atoms with Crippen molar-refractivity contribution in [3.63, 3.8) is 0 Å². The molecule has 0 aliphatic carbocycles. The monoisotopic (exact) mass is 422 g/mol. The number of benzene rings is 2. The zero-order valence-corrected chi connectivity index (χ0v) is 17.7. The van der Waals surface area contributed by atoms with Crippen molar-refractivity contribution >= 4 is 21.6 Å². The summed E-state index contributed by atoms with van der Waals surface area (Å²) in [5, 5.41) is 2.91. The van der Waals surface area contributed by atoms with Gasteiger partial charge in [0.25, 0.3) is 0 Å². The molecule has 2 rings (SSSR count). The van der Waals surface area contributed by atoms with Crippen LogP contribution in [0.25, 0.3) is 0 Å². The van der Waals surface area contributed by atoms with E-state index in [0.29, 0.717) is 18.7 Å². The lowest BCUT2D eigenvalue weighted by Gasteiger charge is -2.22. The summed E-state index contributed by atoms with van der Waals surface area (Å²) >= 11 is 0. The van der Waals surface area contributed by atoms with Gasteiger partial charge in [-0.1, -0.05) is 12.1 Å². The molecule has 0 bridgehead atoms. The topological polar surface area (TPSA) is 75.7 Å². The van der Waals surface area contributed by atoms with E-state index in [2.05, 4.69) is 5.32 Å². The maximum Gasteiger partial charge on any atom is 0.232 e. The lowest BCUT2D eigenvalue weighted by Crippen LogP contribution is -2.32. The molecule has 2 aromatic carbocycles. The van der Waals surface area contributed by atoms with E-state index in [1.807, 2.05) is 38.1 Å². The van der Waals surface area contributed by atoms with Gasteiger partial charge in [-0.2, -0.15) is 0 Å². The Hall–Kier alpha value is -2.61. The highest BCUT2D eigenvalue weighted by molar-refractivity contribution is 7.92. The summed E-state index contributed by atoms with van der Waals surface area (Å²) in [6, 6.07) is 12.6. The first-order valence-corrected chi connectivity index (χ1v) is 11.3. The molecule has 0 radical (unpaired) electrons. The summed E-state index contributed by atoms with van der Waals surface area (Å²) in [7, 11) is -3.54. The van der Waals surface area contributed by atoms with Crippen LogP contribution in [-0.4, -0.2) is 33.7 Å². The van der Waals surface area contributed by atoms with Crippen molar-refractivity contribution in [3.8, 4) is 5.75 Å². The molecule has 0 saturated heterocycles. The van der Waals surface area contributed by atoms with Crippen molar-refractivity contribution in [1.82, 2.24) is 5.32 Å². The third kappa shape index (κ3) is 7.05. The highest BCUT2D eigenvalue weighted by Gasteiger charge is 2.18. The van der Waals surface area contributed by atoms with Crippen molar-refractivity contribution in [3.05, 3.63) is 59.9 Å². The van der Waals surface area contributed by atoms with Gasteiger partial charge in [-0.3, -0.25) is 9.10 Å². The number of hydrogen-bond acceptors (Lipinski definition) is 4. The Morgan fingerprint density at radius 1 is 1.14 bits per heavy atom. The largest absolute Gasteiger partial charge is 0.494 e. The lowest BCUT2D eigenvalue weighted by atomic mass is 10.1. The number of ether oxygens (including phenoxy) is 1. The summed E-state index contributed by atoms with van der Waals surface area (Å²) in [6.07, 6.45) is 1.60. The maximum absolute atomic E-state index is 13.1. The van der Waals surface area contributed by atoms with E-state index in [1.165, 1.54) is 28.6 Å².